The van der Waals surface area contributed by atoms with E-state index in [4.69, 9.17) is 23.7 Å². The number of aliphatic hydroxyl groups excluding tert-OH is 1. The molecule has 6 aromatic rings. The Morgan fingerprint density at radius 1 is 0.520 bits per heavy atom. The van der Waals surface area contributed by atoms with Crippen LogP contribution < -0.4 is 18.9 Å². The number of fused-ring (bicyclic) bond motifs is 1. The molecular weight excluding hydrogens is 624 g/mol. The normalized spacial score (nSPS) is 16.6. The summed E-state index contributed by atoms with van der Waals surface area (Å²) in [6.45, 7) is 3.39. The molecule has 0 unspecified atom stereocenters. The van der Waals surface area contributed by atoms with Gasteiger partial charge in [0.1, 0.15) is 43.5 Å². The second-order valence-corrected chi connectivity index (χ2v) is 12.4. The lowest BCUT2D eigenvalue weighted by Gasteiger charge is -2.38. The van der Waals surface area contributed by atoms with E-state index in [1.807, 2.05) is 159 Å². The summed E-state index contributed by atoms with van der Waals surface area (Å²) in [5.74, 6) is 2.31. The van der Waals surface area contributed by atoms with Gasteiger partial charge in [-0.2, -0.15) is 0 Å². The molecule has 1 aliphatic heterocycles. The maximum Gasteiger partial charge on any atom is 0.162 e. The van der Waals surface area contributed by atoms with E-state index in [2.05, 4.69) is 0 Å². The van der Waals surface area contributed by atoms with Crippen molar-refractivity contribution in [1.29, 1.82) is 0 Å². The maximum absolute atomic E-state index is 12.1. The summed E-state index contributed by atoms with van der Waals surface area (Å²) in [6.07, 6.45) is -2.46. The molecule has 1 heterocycles. The van der Waals surface area contributed by atoms with Crippen LogP contribution in [0.1, 0.15) is 51.2 Å². The Hall–Kier alpha value is -5.56. The first kappa shape index (κ1) is 33.0. The lowest BCUT2D eigenvalue weighted by Crippen LogP contribution is -2.37. The van der Waals surface area contributed by atoms with E-state index in [0.717, 1.165) is 33.4 Å². The molecule has 0 aliphatic carbocycles. The summed E-state index contributed by atoms with van der Waals surface area (Å²) in [5.41, 5.74) is 6.42. The van der Waals surface area contributed by atoms with E-state index in [0.29, 0.717) is 55.0 Å². The second-order valence-electron chi connectivity index (χ2n) is 12.4. The van der Waals surface area contributed by atoms with Gasteiger partial charge in [-0.25, -0.2) is 0 Å². The van der Waals surface area contributed by atoms with Gasteiger partial charge in [0.05, 0.1) is 12.2 Å². The summed E-state index contributed by atoms with van der Waals surface area (Å²) < 4.78 is 32.4. The van der Waals surface area contributed by atoms with Crippen molar-refractivity contribution in [3.63, 3.8) is 0 Å². The Labute approximate surface area is 293 Å². The van der Waals surface area contributed by atoms with Crippen LogP contribution in [0.4, 0.5) is 0 Å². The number of hydrogen-bond acceptors (Lipinski definition) is 6. The number of hydrogen-bond donors (Lipinski definition) is 1. The van der Waals surface area contributed by atoms with Crippen LogP contribution in [-0.2, 0) is 31.2 Å². The summed E-state index contributed by atoms with van der Waals surface area (Å²) in [5, 5.41) is 12.1. The van der Waals surface area contributed by atoms with Gasteiger partial charge in [0.15, 0.2) is 17.6 Å². The Kier molecular flexibility index (Phi) is 10.4. The lowest BCUT2D eigenvalue weighted by molar-refractivity contribution is -0.117. The van der Waals surface area contributed by atoms with Crippen molar-refractivity contribution in [2.45, 2.75) is 51.7 Å². The van der Waals surface area contributed by atoms with E-state index in [9.17, 15) is 5.11 Å². The molecule has 252 valence electrons. The fourth-order valence-electron chi connectivity index (χ4n) is 6.12. The average Bonchev–Trinajstić information content (AvgIpc) is 3.16. The van der Waals surface area contributed by atoms with Crippen LogP contribution in [0.2, 0.25) is 0 Å². The highest BCUT2D eigenvalue weighted by molar-refractivity contribution is 5.53. The van der Waals surface area contributed by atoms with Crippen LogP contribution in [0.25, 0.3) is 0 Å². The van der Waals surface area contributed by atoms with Gasteiger partial charge in [0.2, 0.25) is 0 Å². The highest BCUT2D eigenvalue weighted by atomic mass is 16.6. The maximum atomic E-state index is 12.1. The number of benzene rings is 6. The monoisotopic (exact) mass is 664 g/mol. The van der Waals surface area contributed by atoms with Gasteiger partial charge in [-0.05, 0) is 64.6 Å². The van der Waals surface area contributed by atoms with Gasteiger partial charge >= 0.3 is 0 Å². The Morgan fingerprint density at radius 3 is 1.54 bits per heavy atom. The predicted octanol–water partition coefficient (Wildman–Crippen LogP) is 9.48. The van der Waals surface area contributed by atoms with Crippen LogP contribution in [0.5, 0.6) is 23.0 Å². The molecule has 50 heavy (non-hydrogen) atoms. The third kappa shape index (κ3) is 8.00. The van der Waals surface area contributed by atoms with E-state index < -0.39 is 18.3 Å². The van der Waals surface area contributed by atoms with E-state index in [-0.39, 0.29) is 0 Å². The molecule has 1 N–H and O–H groups in total. The second kappa shape index (κ2) is 15.8. The molecule has 7 rings (SSSR count). The minimum atomic E-state index is -1.04. The van der Waals surface area contributed by atoms with Gasteiger partial charge in [0, 0.05) is 0 Å². The fourth-order valence-corrected chi connectivity index (χ4v) is 6.12. The Balaban J connectivity index is 1.23. The highest BCUT2D eigenvalue weighted by Crippen LogP contribution is 2.48. The van der Waals surface area contributed by atoms with Gasteiger partial charge < -0.3 is 28.8 Å². The first-order chi connectivity index (χ1) is 24.6. The molecule has 0 spiro atoms. The topological polar surface area (TPSA) is 66.4 Å². The molecule has 0 bridgehead atoms. The van der Waals surface area contributed by atoms with Crippen molar-refractivity contribution in [2.24, 2.45) is 0 Å². The molecular formula is C44H40O6. The van der Waals surface area contributed by atoms with Crippen molar-refractivity contribution >= 4 is 0 Å². The van der Waals surface area contributed by atoms with Gasteiger partial charge in [0.25, 0.3) is 0 Å². The molecule has 0 radical (unpaired) electrons. The number of rotatable bonds is 13. The zero-order chi connectivity index (χ0) is 34.1. The molecule has 0 saturated carbocycles. The van der Waals surface area contributed by atoms with Crippen LogP contribution in [0, 0.1) is 6.92 Å². The van der Waals surface area contributed by atoms with Gasteiger partial charge in [-0.3, -0.25) is 0 Å². The van der Waals surface area contributed by atoms with Crippen LogP contribution in [0.15, 0.2) is 152 Å². The molecule has 0 amide bonds. The fraction of sp³-hybridized carbons (Fsp3) is 0.182. The molecule has 1 aliphatic rings. The first-order valence-electron chi connectivity index (χ1n) is 16.9. The standard InChI is InChI=1S/C44H40O6/c1-31-24-39(48-29-34-18-10-4-11-19-34)41-40(25-31)50-43(44(42(41)45)49-30-35-20-12-5-13-21-35)36-22-23-37(46-27-32-14-6-2-7-15-32)38(26-36)47-28-33-16-8-3-9-17-33/h2-26,42-45H,27-30H2,1H3/t42-,43+,44-/m0/s1. The number of ether oxygens (including phenoxy) is 5. The van der Waals surface area contributed by atoms with Crippen LogP contribution in [-0.4, -0.2) is 11.2 Å². The van der Waals surface area contributed by atoms with Crippen molar-refractivity contribution in [3.8, 4) is 23.0 Å². The zero-order valence-electron chi connectivity index (χ0n) is 28.0. The third-order valence-corrected chi connectivity index (χ3v) is 8.70. The SMILES string of the molecule is Cc1cc(OCc2ccccc2)c2c(c1)O[C@H](c1ccc(OCc3ccccc3)c(OCc3ccccc3)c1)[C@@H](OCc1ccccc1)[C@H]2O. The van der Waals surface area contributed by atoms with Crippen molar-refractivity contribution in [3.05, 3.63) is 191 Å². The smallest absolute Gasteiger partial charge is 0.162 e. The zero-order valence-corrected chi connectivity index (χ0v) is 28.0. The van der Waals surface area contributed by atoms with E-state index >= 15 is 0 Å². The van der Waals surface area contributed by atoms with Crippen molar-refractivity contribution in [1.82, 2.24) is 0 Å². The van der Waals surface area contributed by atoms with Crippen molar-refractivity contribution in [2.75, 3.05) is 0 Å². The molecule has 6 aromatic carbocycles. The van der Waals surface area contributed by atoms with Crippen LogP contribution in [0.3, 0.4) is 0 Å². The highest BCUT2D eigenvalue weighted by Gasteiger charge is 2.42. The predicted molar refractivity (Wildman–Crippen MR) is 193 cm³/mol. The van der Waals surface area contributed by atoms with Crippen LogP contribution >= 0.6 is 0 Å². The quantitative estimate of drug-likeness (QED) is 0.133. The van der Waals surface area contributed by atoms with E-state index in [1.165, 1.54) is 0 Å². The van der Waals surface area contributed by atoms with Gasteiger partial charge in [-0.15, -0.1) is 0 Å². The Bertz CT molecular complexity index is 1970. The molecule has 0 saturated heterocycles. The molecule has 3 atom stereocenters. The molecule has 0 fully saturated rings. The first-order valence-corrected chi connectivity index (χ1v) is 16.9. The summed E-state index contributed by atoms with van der Waals surface area (Å²) in [6, 6.07) is 49.6. The third-order valence-electron chi connectivity index (χ3n) is 8.70. The summed E-state index contributed by atoms with van der Waals surface area (Å²) in [4.78, 5) is 0. The number of aryl methyl sites for hydroxylation is 1. The minimum Gasteiger partial charge on any atom is -0.488 e. The molecule has 6 nitrogen and oxygen atoms in total. The van der Waals surface area contributed by atoms with E-state index in [1.54, 1.807) is 0 Å². The lowest BCUT2D eigenvalue weighted by atomic mass is 9.90. The van der Waals surface area contributed by atoms with Crippen molar-refractivity contribution < 1.29 is 28.8 Å². The molecule has 6 heteroatoms. The minimum absolute atomic E-state index is 0.291. The average molecular weight is 665 g/mol. The molecule has 0 aromatic heterocycles. The Morgan fingerprint density at radius 2 is 1.00 bits per heavy atom. The summed E-state index contributed by atoms with van der Waals surface area (Å²) >= 11 is 0. The summed E-state index contributed by atoms with van der Waals surface area (Å²) in [7, 11) is 0. The number of aliphatic hydroxyl groups is 1. The van der Waals surface area contributed by atoms with Gasteiger partial charge in [-0.1, -0.05) is 127 Å². The largest absolute Gasteiger partial charge is 0.488 e.